The molecule has 0 aliphatic heterocycles. The molecule has 0 saturated carbocycles. The monoisotopic (exact) mass is 263 g/mol. The van der Waals surface area contributed by atoms with Crippen LogP contribution >= 0.6 is 23.2 Å². The van der Waals surface area contributed by atoms with E-state index in [1.54, 1.807) is 36.7 Å². The average Bonchev–Trinajstić information content (AvgIpc) is 2.36. The Morgan fingerprint density at radius 1 is 1.12 bits per heavy atom. The van der Waals surface area contributed by atoms with Gasteiger partial charge in [0, 0.05) is 12.4 Å². The van der Waals surface area contributed by atoms with Crippen LogP contribution in [-0.4, -0.2) is 9.97 Å². The molecule has 3 nitrogen and oxygen atoms in total. The Hall–Kier alpha value is -1.63. The molecule has 0 amide bonds. The summed E-state index contributed by atoms with van der Waals surface area (Å²) in [6, 6.07) is 8.92. The van der Waals surface area contributed by atoms with Crippen molar-refractivity contribution in [3.63, 3.8) is 0 Å². The van der Waals surface area contributed by atoms with Crippen molar-refractivity contribution in [2.45, 2.75) is 5.92 Å². The van der Waals surface area contributed by atoms with Crippen LogP contribution in [0.25, 0.3) is 0 Å². The SMILES string of the molecule is N#CC(c1ccc(Cl)c(Cl)c1)c1ncccn1. The summed E-state index contributed by atoms with van der Waals surface area (Å²) in [6.45, 7) is 0. The smallest absolute Gasteiger partial charge is 0.149 e. The van der Waals surface area contributed by atoms with Crippen molar-refractivity contribution in [1.82, 2.24) is 9.97 Å². The van der Waals surface area contributed by atoms with Gasteiger partial charge in [-0.05, 0) is 23.8 Å². The highest BCUT2D eigenvalue weighted by Gasteiger charge is 2.16. The van der Waals surface area contributed by atoms with Gasteiger partial charge >= 0.3 is 0 Å². The van der Waals surface area contributed by atoms with Crippen molar-refractivity contribution in [3.05, 3.63) is 58.1 Å². The van der Waals surface area contributed by atoms with Crippen LogP contribution in [0.3, 0.4) is 0 Å². The molecule has 1 aromatic carbocycles. The second-order valence-corrected chi connectivity index (χ2v) is 4.16. The van der Waals surface area contributed by atoms with Gasteiger partial charge in [0.1, 0.15) is 11.7 Å². The maximum Gasteiger partial charge on any atom is 0.149 e. The molecule has 1 heterocycles. The molecule has 1 unspecified atom stereocenters. The summed E-state index contributed by atoms with van der Waals surface area (Å²) < 4.78 is 0. The molecule has 0 N–H and O–H groups in total. The maximum atomic E-state index is 9.19. The number of aromatic nitrogens is 2. The molecule has 84 valence electrons. The number of nitriles is 1. The lowest BCUT2D eigenvalue weighted by Crippen LogP contribution is -2.03. The van der Waals surface area contributed by atoms with E-state index in [1.165, 1.54) is 0 Å². The largest absolute Gasteiger partial charge is 0.240 e. The van der Waals surface area contributed by atoms with Crippen LogP contribution in [0.2, 0.25) is 10.0 Å². The van der Waals surface area contributed by atoms with Gasteiger partial charge < -0.3 is 0 Å². The van der Waals surface area contributed by atoms with Gasteiger partial charge in [-0.15, -0.1) is 0 Å². The van der Waals surface area contributed by atoms with Gasteiger partial charge in [0.2, 0.25) is 0 Å². The third-order valence-electron chi connectivity index (χ3n) is 2.25. The Balaban J connectivity index is 2.44. The molecular formula is C12H7Cl2N3. The van der Waals surface area contributed by atoms with Crippen molar-refractivity contribution in [2.24, 2.45) is 0 Å². The summed E-state index contributed by atoms with van der Waals surface area (Å²) in [4.78, 5) is 8.14. The van der Waals surface area contributed by atoms with Gasteiger partial charge in [-0.3, -0.25) is 0 Å². The molecule has 0 radical (unpaired) electrons. The highest BCUT2D eigenvalue weighted by Crippen LogP contribution is 2.28. The lowest BCUT2D eigenvalue weighted by molar-refractivity contribution is 0.890. The molecule has 5 heteroatoms. The van der Waals surface area contributed by atoms with E-state index >= 15 is 0 Å². The van der Waals surface area contributed by atoms with Crippen molar-refractivity contribution in [3.8, 4) is 6.07 Å². The highest BCUT2D eigenvalue weighted by molar-refractivity contribution is 6.42. The Labute approximate surface area is 109 Å². The van der Waals surface area contributed by atoms with E-state index in [4.69, 9.17) is 23.2 Å². The zero-order valence-corrected chi connectivity index (χ0v) is 10.2. The Morgan fingerprint density at radius 3 is 2.41 bits per heavy atom. The van der Waals surface area contributed by atoms with Gasteiger partial charge in [0.25, 0.3) is 0 Å². The first-order chi connectivity index (χ1) is 8.22. The van der Waals surface area contributed by atoms with Crippen LogP contribution in [-0.2, 0) is 0 Å². The lowest BCUT2D eigenvalue weighted by atomic mass is 10.00. The van der Waals surface area contributed by atoms with Gasteiger partial charge in [-0.2, -0.15) is 5.26 Å². The van der Waals surface area contributed by atoms with E-state index in [0.717, 1.165) is 5.56 Å². The average molecular weight is 264 g/mol. The van der Waals surface area contributed by atoms with Crippen LogP contribution < -0.4 is 0 Å². The van der Waals surface area contributed by atoms with Crippen LogP contribution in [0.4, 0.5) is 0 Å². The number of halogens is 2. The van der Waals surface area contributed by atoms with E-state index in [0.29, 0.717) is 15.9 Å². The Kier molecular flexibility index (Phi) is 3.58. The first kappa shape index (κ1) is 11.8. The van der Waals surface area contributed by atoms with Crippen molar-refractivity contribution in [1.29, 1.82) is 5.26 Å². The molecule has 0 bridgehead atoms. The van der Waals surface area contributed by atoms with Crippen LogP contribution in [0.1, 0.15) is 17.3 Å². The van der Waals surface area contributed by atoms with E-state index in [9.17, 15) is 5.26 Å². The van der Waals surface area contributed by atoms with Crippen LogP contribution in [0, 0.1) is 11.3 Å². The van der Waals surface area contributed by atoms with Gasteiger partial charge in [-0.1, -0.05) is 29.3 Å². The summed E-state index contributed by atoms with van der Waals surface area (Å²) in [5.41, 5.74) is 0.730. The standard InChI is InChI=1S/C12H7Cl2N3/c13-10-3-2-8(6-11(10)14)9(7-15)12-16-4-1-5-17-12/h1-6,9H. The topological polar surface area (TPSA) is 49.6 Å². The fraction of sp³-hybridized carbons (Fsp3) is 0.0833. The predicted molar refractivity (Wildman–Crippen MR) is 66.0 cm³/mol. The first-order valence-electron chi connectivity index (χ1n) is 4.84. The second-order valence-electron chi connectivity index (χ2n) is 3.34. The summed E-state index contributed by atoms with van der Waals surface area (Å²) >= 11 is 11.7. The summed E-state index contributed by atoms with van der Waals surface area (Å²) in [5, 5.41) is 10.1. The van der Waals surface area contributed by atoms with Crippen LogP contribution in [0.5, 0.6) is 0 Å². The van der Waals surface area contributed by atoms with E-state index in [1.807, 2.05) is 0 Å². The maximum absolute atomic E-state index is 9.19. The number of rotatable bonds is 2. The van der Waals surface area contributed by atoms with Crippen molar-refractivity contribution >= 4 is 23.2 Å². The summed E-state index contributed by atoms with van der Waals surface area (Å²) in [5.74, 6) is -0.0839. The molecule has 2 rings (SSSR count). The molecule has 0 aliphatic rings. The first-order valence-corrected chi connectivity index (χ1v) is 5.59. The minimum Gasteiger partial charge on any atom is -0.240 e. The molecule has 0 fully saturated rings. The Morgan fingerprint density at radius 2 is 1.82 bits per heavy atom. The zero-order valence-electron chi connectivity index (χ0n) is 8.64. The molecule has 1 atom stereocenters. The van der Waals surface area contributed by atoms with E-state index in [-0.39, 0.29) is 0 Å². The lowest BCUT2D eigenvalue weighted by Gasteiger charge is -2.08. The van der Waals surface area contributed by atoms with Gasteiger partial charge in [0.05, 0.1) is 16.1 Å². The highest BCUT2D eigenvalue weighted by atomic mass is 35.5. The normalized spacial score (nSPS) is 11.8. The third kappa shape index (κ3) is 2.55. The molecule has 0 aliphatic carbocycles. The molecule has 1 aromatic heterocycles. The van der Waals surface area contributed by atoms with Crippen molar-refractivity contribution in [2.75, 3.05) is 0 Å². The van der Waals surface area contributed by atoms with Crippen molar-refractivity contribution < 1.29 is 0 Å². The quantitative estimate of drug-likeness (QED) is 0.834. The predicted octanol–water partition coefficient (Wildman–Crippen LogP) is 3.44. The number of benzene rings is 1. The molecule has 17 heavy (non-hydrogen) atoms. The van der Waals surface area contributed by atoms with Crippen LogP contribution in [0.15, 0.2) is 36.7 Å². The van der Waals surface area contributed by atoms with Gasteiger partial charge in [-0.25, -0.2) is 9.97 Å². The molecule has 0 saturated heterocycles. The minimum absolute atomic E-state index is 0.417. The number of hydrogen-bond donors (Lipinski definition) is 0. The molecule has 0 spiro atoms. The second kappa shape index (κ2) is 5.13. The van der Waals surface area contributed by atoms with E-state index < -0.39 is 5.92 Å². The molecule has 2 aromatic rings. The zero-order chi connectivity index (χ0) is 12.3. The fourth-order valence-electron chi connectivity index (χ4n) is 1.43. The summed E-state index contributed by atoms with van der Waals surface area (Å²) in [6.07, 6.45) is 3.20. The Bertz CT molecular complexity index is 564. The fourth-order valence-corrected chi connectivity index (χ4v) is 1.74. The minimum atomic E-state index is -0.536. The van der Waals surface area contributed by atoms with E-state index in [2.05, 4.69) is 16.0 Å². The molecular weight excluding hydrogens is 257 g/mol. The third-order valence-corrected chi connectivity index (χ3v) is 2.99. The summed E-state index contributed by atoms with van der Waals surface area (Å²) in [7, 11) is 0. The number of nitrogens with zero attached hydrogens (tertiary/aromatic N) is 3. The number of hydrogen-bond acceptors (Lipinski definition) is 3. The van der Waals surface area contributed by atoms with Gasteiger partial charge in [0.15, 0.2) is 0 Å².